The van der Waals surface area contributed by atoms with Crippen molar-refractivity contribution >= 4 is 11.7 Å². The van der Waals surface area contributed by atoms with E-state index in [0.717, 1.165) is 36.8 Å². The van der Waals surface area contributed by atoms with E-state index >= 15 is 0 Å². The van der Waals surface area contributed by atoms with Crippen LogP contribution in [0.3, 0.4) is 0 Å². The fourth-order valence-corrected chi connectivity index (χ4v) is 3.60. The maximum absolute atomic E-state index is 12.4. The minimum Gasteiger partial charge on any atom is -0.321 e. The van der Waals surface area contributed by atoms with Crippen molar-refractivity contribution in [3.05, 3.63) is 12.4 Å². The number of fused-ring (bicyclic) bond motifs is 1. The molecular weight excluding hydrogens is 297 g/mol. The van der Waals surface area contributed by atoms with Crippen molar-refractivity contribution in [2.45, 2.75) is 50.9 Å². The number of nitrogens with zero attached hydrogens (tertiary/aromatic N) is 3. The quantitative estimate of drug-likeness (QED) is 0.910. The highest BCUT2D eigenvalue weighted by Gasteiger charge is 2.37. The second kappa shape index (κ2) is 5.81. The van der Waals surface area contributed by atoms with Gasteiger partial charge >= 0.3 is 12.2 Å². The van der Waals surface area contributed by atoms with Crippen molar-refractivity contribution in [3.63, 3.8) is 0 Å². The third-order valence-corrected chi connectivity index (χ3v) is 4.48. The van der Waals surface area contributed by atoms with Crippen LogP contribution in [0.2, 0.25) is 0 Å². The van der Waals surface area contributed by atoms with Gasteiger partial charge in [-0.05, 0) is 31.6 Å². The number of likely N-dealkylation sites (tertiary alicyclic amines) is 1. The van der Waals surface area contributed by atoms with E-state index < -0.39 is 12.7 Å². The molecule has 2 amide bonds. The monoisotopic (exact) mass is 316 g/mol. The molecular formula is C14H19F3N4O. The van der Waals surface area contributed by atoms with Crippen LogP contribution in [-0.4, -0.2) is 39.5 Å². The number of carbonyl (C=O) groups is 1. The van der Waals surface area contributed by atoms with Crippen LogP contribution < -0.4 is 5.32 Å². The molecule has 0 radical (unpaired) electrons. The van der Waals surface area contributed by atoms with Crippen LogP contribution in [-0.2, 0) is 6.54 Å². The fraction of sp³-hybridized carbons (Fsp3) is 0.714. The molecule has 1 aromatic rings. The van der Waals surface area contributed by atoms with Crippen LogP contribution in [0.5, 0.6) is 0 Å². The Bertz CT molecular complexity index is 542. The van der Waals surface area contributed by atoms with Gasteiger partial charge in [0.1, 0.15) is 6.54 Å². The Morgan fingerprint density at radius 1 is 1.32 bits per heavy atom. The summed E-state index contributed by atoms with van der Waals surface area (Å²) in [6, 6.07) is 0.0436. The van der Waals surface area contributed by atoms with Crippen LogP contribution in [0, 0.1) is 5.92 Å². The third kappa shape index (κ3) is 3.36. The molecule has 0 aromatic carbocycles. The predicted octanol–water partition coefficient (Wildman–Crippen LogP) is 3.24. The Kier molecular flexibility index (Phi) is 4.01. The normalized spacial score (nSPS) is 25.1. The van der Waals surface area contributed by atoms with Gasteiger partial charge in [0.15, 0.2) is 0 Å². The van der Waals surface area contributed by atoms with E-state index in [9.17, 15) is 18.0 Å². The molecule has 2 heterocycles. The minimum absolute atomic E-state index is 0.233. The van der Waals surface area contributed by atoms with Gasteiger partial charge in [-0.1, -0.05) is 6.42 Å². The first kappa shape index (κ1) is 15.2. The van der Waals surface area contributed by atoms with E-state index in [1.54, 1.807) is 0 Å². The average Bonchev–Trinajstić information content (AvgIpc) is 3.05. The summed E-state index contributed by atoms with van der Waals surface area (Å²) in [5, 5.41) is 6.30. The second-order valence-electron chi connectivity index (χ2n) is 6.07. The predicted molar refractivity (Wildman–Crippen MR) is 74.4 cm³/mol. The summed E-state index contributed by atoms with van der Waals surface area (Å²) in [6.07, 6.45) is 3.62. The molecule has 122 valence electrons. The lowest BCUT2D eigenvalue weighted by Gasteiger charge is -2.37. The Labute approximate surface area is 126 Å². The van der Waals surface area contributed by atoms with Crippen molar-refractivity contribution in [1.82, 2.24) is 14.7 Å². The first-order valence-electron chi connectivity index (χ1n) is 7.59. The number of urea groups is 1. The lowest BCUT2D eigenvalue weighted by Crippen LogP contribution is -2.48. The van der Waals surface area contributed by atoms with E-state index in [4.69, 9.17) is 0 Å². The highest BCUT2D eigenvalue weighted by Crippen LogP contribution is 2.36. The largest absolute Gasteiger partial charge is 0.408 e. The van der Waals surface area contributed by atoms with Crippen LogP contribution in [0.15, 0.2) is 12.4 Å². The Morgan fingerprint density at radius 3 is 2.86 bits per heavy atom. The Morgan fingerprint density at radius 2 is 2.09 bits per heavy atom. The van der Waals surface area contributed by atoms with Crippen molar-refractivity contribution in [3.8, 4) is 0 Å². The zero-order valence-electron chi connectivity index (χ0n) is 12.1. The van der Waals surface area contributed by atoms with Crippen molar-refractivity contribution in [1.29, 1.82) is 0 Å². The molecule has 0 bridgehead atoms. The molecule has 1 N–H and O–H groups in total. The lowest BCUT2D eigenvalue weighted by molar-refractivity contribution is -0.142. The van der Waals surface area contributed by atoms with Crippen LogP contribution in [0.25, 0.3) is 0 Å². The first-order valence-corrected chi connectivity index (χ1v) is 7.59. The number of alkyl halides is 3. The summed E-state index contributed by atoms with van der Waals surface area (Å²) in [4.78, 5) is 14.2. The first-order chi connectivity index (χ1) is 10.4. The molecule has 1 saturated heterocycles. The molecule has 8 heteroatoms. The van der Waals surface area contributed by atoms with E-state index in [1.165, 1.54) is 12.4 Å². The zero-order chi connectivity index (χ0) is 15.7. The van der Waals surface area contributed by atoms with Crippen LogP contribution >= 0.6 is 0 Å². The molecule has 1 aromatic heterocycles. The number of hydrogen-bond acceptors (Lipinski definition) is 2. The maximum Gasteiger partial charge on any atom is 0.408 e. The van der Waals surface area contributed by atoms with E-state index in [-0.39, 0.29) is 12.1 Å². The van der Waals surface area contributed by atoms with E-state index in [0.29, 0.717) is 18.2 Å². The molecule has 1 aliphatic heterocycles. The summed E-state index contributed by atoms with van der Waals surface area (Å²) in [5.74, 6) is 0.576. The minimum atomic E-state index is -4.32. The number of piperidine rings is 1. The maximum atomic E-state index is 12.4. The molecule has 3 rings (SSSR count). The number of carbonyl (C=O) groups excluding carboxylic acids is 1. The zero-order valence-corrected chi connectivity index (χ0v) is 12.1. The third-order valence-electron chi connectivity index (χ3n) is 4.48. The Hall–Kier alpha value is -1.73. The van der Waals surface area contributed by atoms with Gasteiger partial charge in [0, 0.05) is 18.8 Å². The van der Waals surface area contributed by atoms with Gasteiger partial charge in [-0.2, -0.15) is 18.3 Å². The SMILES string of the molecule is O=C(Nc1cnn(CC(F)(F)F)c1)N1CCC[C@H]2CCC[C@@H]21. The highest BCUT2D eigenvalue weighted by atomic mass is 19.4. The number of halogens is 3. The second-order valence-corrected chi connectivity index (χ2v) is 6.07. The van der Waals surface area contributed by atoms with Gasteiger partial charge in [-0.15, -0.1) is 0 Å². The summed E-state index contributed by atoms with van der Waals surface area (Å²) in [7, 11) is 0. The summed E-state index contributed by atoms with van der Waals surface area (Å²) >= 11 is 0. The number of anilines is 1. The van der Waals surface area contributed by atoms with Crippen LogP contribution in [0.1, 0.15) is 32.1 Å². The molecule has 1 saturated carbocycles. The lowest BCUT2D eigenvalue weighted by atomic mass is 9.92. The molecule has 0 unspecified atom stereocenters. The van der Waals surface area contributed by atoms with Gasteiger partial charge in [-0.3, -0.25) is 4.68 Å². The number of rotatable bonds is 2. The Balaban J connectivity index is 1.62. The summed E-state index contributed by atoms with van der Waals surface area (Å²) in [6.45, 7) is -0.443. The van der Waals surface area contributed by atoms with Gasteiger partial charge in [0.05, 0.1) is 11.9 Å². The van der Waals surface area contributed by atoms with Crippen molar-refractivity contribution in [2.75, 3.05) is 11.9 Å². The molecule has 22 heavy (non-hydrogen) atoms. The summed E-state index contributed by atoms with van der Waals surface area (Å²) in [5.41, 5.74) is 0.300. The van der Waals surface area contributed by atoms with Crippen LogP contribution in [0.4, 0.5) is 23.7 Å². The van der Waals surface area contributed by atoms with Gasteiger partial charge in [0.25, 0.3) is 0 Å². The summed E-state index contributed by atoms with van der Waals surface area (Å²) < 4.78 is 37.7. The van der Waals surface area contributed by atoms with Gasteiger partial charge < -0.3 is 10.2 Å². The van der Waals surface area contributed by atoms with Crippen molar-refractivity contribution in [2.24, 2.45) is 5.92 Å². The highest BCUT2D eigenvalue weighted by molar-refractivity contribution is 5.89. The standard InChI is InChI=1S/C14H19F3N4O/c15-14(16,17)9-20-8-11(7-18-20)19-13(22)21-6-2-4-10-3-1-5-12(10)21/h7-8,10,12H,1-6,9H2,(H,19,22)/t10-,12+/m1/s1. The number of nitrogens with one attached hydrogen (secondary N) is 1. The molecule has 2 fully saturated rings. The number of amides is 2. The molecule has 5 nitrogen and oxygen atoms in total. The van der Waals surface area contributed by atoms with Crippen molar-refractivity contribution < 1.29 is 18.0 Å². The van der Waals surface area contributed by atoms with Gasteiger partial charge in [-0.25, -0.2) is 4.79 Å². The fourth-order valence-electron chi connectivity index (χ4n) is 3.60. The van der Waals surface area contributed by atoms with E-state index in [1.807, 2.05) is 4.90 Å². The average molecular weight is 316 g/mol. The molecule has 2 aliphatic rings. The smallest absolute Gasteiger partial charge is 0.321 e. The molecule has 2 atom stereocenters. The van der Waals surface area contributed by atoms with E-state index in [2.05, 4.69) is 10.4 Å². The topological polar surface area (TPSA) is 50.2 Å². The van der Waals surface area contributed by atoms with Gasteiger partial charge in [0.2, 0.25) is 0 Å². The molecule has 1 aliphatic carbocycles. The number of hydrogen-bond donors (Lipinski definition) is 1. The number of aromatic nitrogens is 2. The molecule has 0 spiro atoms.